The standard InChI is InChI=1S/C11H13BrN2S2/c1-7-14-6-10(15-7)9(13-2)5-8-3-4-11(12)16-8/h3-4,6,9,13H,5H2,1-2H3. The normalized spacial score (nSPS) is 12.9. The molecule has 0 saturated heterocycles. The van der Waals surface area contributed by atoms with Gasteiger partial charge in [0.15, 0.2) is 0 Å². The van der Waals surface area contributed by atoms with Crippen LogP contribution in [0.1, 0.15) is 20.8 Å². The van der Waals surface area contributed by atoms with Gasteiger partial charge in [-0.25, -0.2) is 4.98 Å². The van der Waals surface area contributed by atoms with E-state index in [-0.39, 0.29) is 0 Å². The number of thiophene rings is 1. The van der Waals surface area contributed by atoms with E-state index in [9.17, 15) is 0 Å². The first-order valence-corrected chi connectivity index (χ1v) is 7.45. The predicted molar refractivity (Wildman–Crippen MR) is 74.4 cm³/mol. The molecule has 0 radical (unpaired) electrons. The Bertz CT molecular complexity index is 464. The Labute approximate surface area is 112 Å². The molecule has 0 fully saturated rings. The molecule has 0 aliphatic rings. The summed E-state index contributed by atoms with van der Waals surface area (Å²) in [7, 11) is 2.00. The van der Waals surface area contributed by atoms with Crippen LogP contribution in [0.2, 0.25) is 0 Å². The maximum atomic E-state index is 4.30. The van der Waals surface area contributed by atoms with E-state index >= 15 is 0 Å². The first-order chi connectivity index (χ1) is 7.69. The van der Waals surface area contributed by atoms with Gasteiger partial charge < -0.3 is 5.32 Å². The number of hydrogen-bond acceptors (Lipinski definition) is 4. The number of nitrogens with zero attached hydrogens (tertiary/aromatic N) is 1. The summed E-state index contributed by atoms with van der Waals surface area (Å²) >= 11 is 7.05. The molecule has 0 saturated carbocycles. The number of thiazole rings is 1. The van der Waals surface area contributed by atoms with Crippen molar-refractivity contribution in [1.82, 2.24) is 10.3 Å². The number of halogens is 1. The van der Waals surface area contributed by atoms with Crippen molar-refractivity contribution >= 4 is 38.6 Å². The zero-order valence-corrected chi connectivity index (χ0v) is 12.4. The van der Waals surface area contributed by atoms with Gasteiger partial charge in [-0.05, 0) is 42.0 Å². The zero-order chi connectivity index (χ0) is 11.5. The van der Waals surface area contributed by atoms with Crippen LogP contribution < -0.4 is 5.32 Å². The highest BCUT2D eigenvalue weighted by Gasteiger charge is 2.13. The first kappa shape index (κ1) is 12.2. The second kappa shape index (κ2) is 5.40. The molecule has 1 N–H and O–H groups in total. The van der Waals surface area contributed by atoms with Crippen molar-refractivity contribution in [2.75, 3.05) is 7.05 Å². The first-order valence-electron chi connectivity index (χ1n) is 5.03. The van der Waals surface area contributed by atoms with E-state index in [4.69, 9.17) is 0 Å². The molecule has 0 aliphatic carbocycles. The lowest BCUT2D eigenvalue weighted by molar-refractivity contribution is 0.606. The van der Waals surface area contributed by atoms with E-state index in [1.807, 2.05) is 20.2 Å². The van der Waals surface area contributed by atoms with Gasteiger partial charge in [0.1, 0.15) is 0 Å². The smallest absolute Gasteiger partial charge is 0.0897 e. The van der Waals surface area contributed by atoms with Gasteiger partial charge in [0.25, 0.3) is 0 Å². The number of nitrogens with one attached hydrogen (secondary N) is 1. The van der Waals surface area contributed by atoms with E-state index in [0.717, 1.165) is 11.4 Å². The molecule has 1 atom stereocenters. The molecule has 2 aromatic heterocycles. The summed E-state index contributed by atoms with van der Waals surface area (Å²) in [6.07, 6.45) is 3.00. The van der Waals surface area contributed by atoms with Crippen molar-refractivity contribution in [1.29, 1.82) is 0 Å². The third-order valence-electron chi connectivity index (χ3n) is 2.37. The number of aryl methyl sites for hydroxylation is 1. The van der Waals surface area contributed by atoms with Gasteiger partial charge in [-0.3, -0.25) is 0 Å². The highest BCUT2D eigenvalue weighted by molar-refractivity contribution is 9.11. The molecule has 1 unspecified atom stereocenters. The van der Waals surface area contributed by atoms with Crippen LogP contribution >= 0.6 is 38.6 Å². The average Bonchev–Trinajstić information content (AvgIpc) is 2.84. The molecule has 0 amide bonds. The maximum absolute atomic E-state index is 4.30. The van der Waals surface area contributed by atoms with E-state index in [1.54, 1.807) is 22.7 Å². The van der Waals surface area contributed by atoms with Crippen molar-refractivity contribution in [2.24, 2.45) is 0 Å². The van der Waals surface area contributed by atoms with Gasteiger partial charge in [-0.1, -0.05) is 0 Å². The minimum atomic E-state index is 0.372. The zero-order valence-electron chi connectivity index (χ0n) is 9.16. The summed E-state index contributed by atoms with van der Waals surface area (Å²) in [5.41, 5.74) is 0. The van der Waals surface area contributed by atoms with Crippen molar-refractivity contribution in [2.45, 2.75) is 19.4 Å². The van der Waals surface area contributed by atoms with Crippen molar-refractivity contribution < 1.29 is 0 Å². The van der Waals surface area contributed by atoms with Crippen LogP contribution in [-0.4, -0.2) is 12.0 Å². The monoisotopic (exact) mass is 316 g/mol. The number of aromatic nitrogens is 1. The third-order valence-corrected chi connectivity index (χ3v) is 5.04. The SMILES string of the molecule is CNC(Cc1ccc(Br)s1)c1cnc(C)s1. The summed E-state index contributed by atoms with van der Waals surface area (Å²) < 4.78 is 1.19. The maximum Gasteiger partial charge on any atom is 0.0897 e. The van der Waals surface area contributed by atoms with E-state index in [2.05, 4.69) is 38.4 Å². The lowest BCUT2D eigenvalue weighted by Crippen LogP contribution is -2.17. The average molecular weight is 317 g/mol. The van der Waals surface area contributed by atoms with Crippen molar-refractivity contribution in [3.8, 4) is 0 Å². The molecular weight excluding hydrogens is 304 g/mol. The lowest BCUT2D eigenvalue weighted by atomic mass is 10.1. The van der Waals surface area contributed by atoms with Crippen LogP contribution in [-0.2, 0) is 6.42 Å². The lowest BCUT2D eigenvalue weighted by Gasteiger charge is -2.12. The molecule has 0 aliphatic heterocycles. The van der Waals surface area contributed by atoms with Crippen LogP contribution in [0.5, 0.6) is 0 Å². The molecule has 2 heterocycles. The molecule has 0 bridgehead atoms. The van der Waals surface area contributed by atoms with Gasteiger partial charge in [-0.15, -0.1) is 22.7 Å². The second-order valence-corrected chi connectivity index (χ2v) is 7.35. The van der Waals surface area contributed by atoms with E-state index < -0.39 is 0 Å². The summed E-state index contributed by atoms with van der Waals surface area (Å²) in [6.45, 7) is 2.04. The topological polar surface area (TPSA) is 24.9 Å². The molecule has 5 heteroatoms. The predicted octanol–water partition coefficient (Wildman–Crippen LogP) is 3.78. The fourth-order valence-electron chi connectivity index (χ4n) is 1.55. The quantitative estimate of drug-likeness (QED) is 0.928. The highest BCUT2D eigenvalue weighted by Crippen LogP contribution is 2.28. The number of rotatable bonds is 4. The molecule has 0 spiro atoms. The molecule has 0 aromatic carbocycles. The van der Waals surface area contributed by atoms with Gasteiger partial charge in [0.2, 0.25) is 0 Å². The Morgan fingerprint density at radius 3 is 2.75 bits per heavy atom. The molecule has 2 aromatic rings. The van der Waals surface area contributed by atoms with Crippen LogP contribution in [0.25, 0.3) is 0 Å². The van der Waals surface area contributed by atoms with Crippen molar-refractivity contribution in [3.05, 3.63) is 36.9 Å². The Morgan fingerprint density at radius 1 is 1.44 bits per heavy atom. The largest absolute Gasteiger partial charge is 0.312 e. The molecule has 2 rings (SSSR count). The minimum Gasteiger partial charge on any atom is -0.312 e. The van der Waals surface area contributed by atoms with Crippen LogP contribution in [0.3, 0.4) is 0 Å². The van der Waals surface area contributed by atoms with Gasteiger partial charge >= 0.3 is 0 Å². The Morgan fingerprint density at radius 2 is 2.25 bits per heavy atom. The molecular formula is C11H13BrN2S2. The number of likely N-dealkylation sites (N-methyl/N-ethyl adjacent to an activating group) is 1. The Kier molecular flexibility index (Phi) is 4.13. The van der Waals surface area contributed by atoms with Crippen molar-refractivity contribution in [3.63, 3.8) is 0 Å². The summed E-state index contributed by atoms with van der Waals surface area (Å²) in [5.74, 6) is 0. The van der Waals surface area contributed by atoms with Crippen LogP contribution in [0.4, 0.5) is 0 Å². The second-order valence-electron chi connectivity index (χ2n) is 3.53. The molecule has 86 valence electrons. The Hall–Kier alpha value is -0.230. The third kappa shape index (κ3) is 2.91. The summed E-state index contributed by atoms with van der Waals surface area (Å²) in [6, 6.07) is 4.65. The van der Waals surface area contributed by atoms with Gasteiger partial charge in [0, 0.05) is 28.4 Å². The van der Waals surface area contributed by atoms with Gasteiger partial charge in [0.05, 0.1) is 8.79 Å². The molecule has 2 nitrogen and oxygen atoms in total. The van der Waals surface area contributed by atoms with E-state index in [0.29, 0.717) is 6.04 Å². The van der Waals surface area contributed by atoms with Crippen LogP contribution in [0, 0.1) is 6.92 Å². The fraction of sp³-hybridized carbons (Fsp3) is 0.364. The highest BCUT2D eigenvalue weighted by atomic mass is 79.9. The minimum absolute atomic E-state index is 0.372. The van der Waals surface area contributed by atoms with Gasteiger partial charge in [-0.2, -0.15) is 0 Å². The summed E-state index contributed by atoms with van der Waals surface area (Å²) in [4.78, 5) is 7.00. The van der Waals surface area contributed by atoms with Crippen LogP contribution in [0.15, 0.2) is 22.1 Å². The molecule has 16 heavy (non-hydrogen) atoms. The Balaban J connectivity index is 2.12. The fourth-order valence-corrected chi connectivity index (χ4v) is 3.97. The summed E-state index contributed by atoms with van der Waals surface area (Å²) in [5, 5.41) is 4.48. The van der Waals surface area contributed by atoms with E-state index in [1.165, 1.54) is 13.5 Å². The number of hydrogen-bond donors (Lipinski definition) is 1.